The summed E-state index contributed by atoms with van der Waals surface area (Å²) in [6, 6.07) is 11.1. The Morgan fingerprint density at radius 2 is 1.59 bits per heavy atom. The van der Waals surface area contributed by atoms with Crippen molar-refractivity contribution in [1.29, 1.82) is 0 Å². The highest BCUT2D eigenvalue weighted by atomic mass is 19.1. The molecule has 0 radical (unpaired) electrons. The molecule has 0 spiro atoms. The van der Waals surface area contributed by atoms with Crippen molar-refractivity contribution < 1.29 is 14.0 Å². The molecule has 2 N–H and O–H groups in total. The van der Waals surface area contributed by atoms with Crippen LogP contribution >= 0.6 is 0 Å². The van der Waals surface area contributed by atoms with E-state index >= 15 is 0 Å². The average Bonchev–Trinajstić information content (AvgIpc) is 2.45. The van der Waals surface area contributed by atoms with E-state index < -0.39 is 0 Å². The molecule has 0 heterocycles. The van der Waals surface area contributed by atoms with E-state index in [4.69, 9.17) is 0 Å². The van der Waals surface area contributed by atoms with E-state index in [0.717, 1.165) is 11.1 Å². The molecule has 0 aliphatic heterocycles. The molecular weight excluding hydrogens is 283 g/mol. The van der Waals surface area contributed by atoms with E-state index in [9.17, 15) is 14.0 Å². The molecule has 0 fully saturated rings. The minimum atomic E-state index is -0.331. The zero-order valence-corrected chi connectivity index (χ0v) is 12.4. The van der Waals surface area contributed by atoms with Crippen LogP contribution in [0.25, 0.3) is 0 Å². The van der Waals surface area contributed by atoms with Crippen LogP contribution in [0.3, 0.4) is 0 Å². The van der Waals surface area contributed by atoms with Crippen molar-refractivity contribution in [3.63, 3.8) is 0 Å². The van der Waals surface area contributed by atoms with Gasteiger partial charge in [0.05, 0.1) is 6.42 Å². The lowest BCUT2D eigenvalue weighted by Gasteiger charge is -2.12. The Morgan fingerprint density at radius 3 is 2.18 bits per heavy atom. The maximum Gasteiger partial charge on any atom is 0.228 e. The number of carbonyl (C=O) groups is 2. The quantitative estimate of drug-likeness (QED) is 0.910. The molecule has 0 saturated carbocycles. The van der Waals surface area contributed by atoms with Gasteiger partial charge in [-0.25, -0.2) is 4.39 Å². The largest absolute Gasteiger partial charge is 0.326 e. The van der Waals surface area contributed by atoms with Crippen molar-refractivity contribution >= 4 is 23.2 Å². The standard InChI is InChI=1S/C17H17FN2O2/c1-11-15(19-12(2)21)4-3-5-16(11)20-17(22)10-13-6-8-14(18)9-7-13/h3-9H,10H2,1-2H3,(H,19,21)(H,20,22). The summed E-state index contributed by atoms with van der Waals surface area (Å²) in [4.78, 5) is 23.2. The van der Waals surface area contributed by atoms with Crippen molar-refractivity contribution in [3.05, 3.63) is 59.4 Å². The molecule has 2 aromatic carbocycles. The highest BCUT2D eigenvalue weighted by Crippen LogP contribution is 2.23. The molecule has 2 aromatic rings. The molecule has 0 saturated heterocycles. The van der Waals surface area contributed by atoms with Crippen LogP contribution < -0.4 is 10.6 Å². The molecular formula is C17H17FN2O2. The summed E-state index contributed by atoms with van der Waals surface area (Å²) in [6.07, 6.45) is 0.157. The van der Waals surface area contributed by atoms with Gasteiger partial charge in [-0.3, -0.25) is 9.59 Å². The normalized spacial score (nSPS) is 10.1. The Morgan fingerprint density at radius 1 is 1.00 bits per heavy atom. The predicted molar refractivity (Wildman–Crippen MR) is 84.2 cm³/mol. The van der Waals surface area contributed by atoms with Gasteiger partial charge < -0.3 is 10.6 Å². The molecule has 2 amide bonds. The lowest BCUT2D eigenvalue weighted by Crippen LogP contribution is -2.16. The first-order valence-corrected chi connectivity index (χ1v) is 6.87. The van der Waals surface area contributed by atoms with Crippen LogP contribution in [0.5, 0.6) is 0 Å². The van der Waals surface area contributed by atoms with Crippen LogP contribution in [0.1, 0.15) is 18.1 Å². The molecule has 0 aromatic heterocycles. The highest BCUT2D eigenvalue weighted by Gasteiger charge is 2.09. The van der Waals surface area contributed by atoms with Crippen LogP contribution in [0.4, 0.5) is 15.8 Å². The Kier molecular flexibility index (Phi) is 4.88. The number of anilines is 2. The maximum absolute atomic E-state index is 12.8. The summed E-state index contributed by atoms with van der Waals surface area (Å²) < 4.78 is 12.8. The maximum atomic E-state index is 12.8. The zero-order chi connectivity index (χ0) is 16.1. The van der Waals surface area contributed by atoms with Crippen molar-refractivity contribution in [1.82, 2.24) is 0 Å². The fourth-order valence-electron chi connectivity index (χ4n) is 2.08. The third-order valence-corrected chi connectivity index (χ3v) is 3.20. The van der Waals surface area contributed by atoms with Crippen molar-refractivity contribution in [3.8, 4) is 0 Å². The summed E-state index contributed by atoms with van der Waals surface area (Å²) >= 11 is 0. The fraction of sp³-hybridized carbons (Fsp3) is 0.176. The van der Waals surface area contributed by atoms with E-state index in [1.807, 2.05) is 6.92 Å². The van der Waals surface area contributed by atoms with E-state index in [-0.39, 0.29) is 24.1 Å². The fourth-order valence-corrected chi connectivity index (χ4v) is 2.08. The zero-order valence-electron chi connectivity index (χ0n) is 12.4. The number of nitrogens with one attached hydrogen (secondary N) is 2. The lowest BCUT2D eigenvalue weighted by atomic mass is 10.1. The van der Waals surface area contributed by atoms with Gasteiger partial charge in [0.15, 0.2) is 0 Å². The predicted octanol–water partition coefficient (Wildman–Crippen LogP) is 3.27. The first-order chi connectivity index (χ1) is 10.5. The third kappa shape index (κ3) is 4.15. The monoisotopic (exact) mass is 300 g/mol. The van der Waals surface area contributed by atoms with Crippen LogP contribution in [0, 0.1) is 12.7 Å². The summed E-state index contributed by atoms with van der Waals surface area (Å²) in [5.74, 6) is -0.699. The number of carbonyl (C=O) groups excluding carboxylic acids is 2. The third-order valence-electron chi connectivity index (χ3n) is 3.20. The van der Waals surface area contributed by atoms with E-state index in [1.54, 1.807) is 30.3 Å². The number of benzene rings is 2. The van der Waals surface area contributed by atoms with Crippen LogP contribution in [0.15, 0.2) is 42.5 Å². The molecule has 0 bridgehead atoms. The van der Waals surface area contributed by atoms with Gasteiger partial charge in [-0.1, -0.05) is 18.2 Å². The Hall–Kier alpha value is -2.69. The SMILES string of the molecule is CC(=O)Nc1cccc(NC(=O)Cc2ccc(F)cc2)c1C. The highest BCUT2D eigenvalue weighted by molar-refractivity contribution is 5.95. The van der Waals surface area contributed by atoms with Gasteiger partial charge >= 0.3 is 0 Å². The van der Waals surface area contributed by atoms with E-state index in [2.05, 4.69) is 10.6 Å². The topological polar surface area (TPSA) is 58.2 Å². The van der Waals surface area contributed by atoms with Gasteiger partial charge in [0.1, 0.15) is 5.82 Å². The molecule has 2 rings (SSSR count). The van der Waals surface area contributed by atoms with Crippen molar-refractivity contribution in [2.75, 3.05) is 10.6 Å². The van der Waals surface area contributed by atoms with Gasteiger partial charge in [0.25, 0.3) is 0 Å². The second-order valence-electron chi connectivity index (χ2n) is 5.01. The molecule has 0 unspecified atom stereocenters. The summed E-state index contributed by atoms with van der Waals surface area (Å²) in [7, 11) is 0. The number of hydrogen-bond acceptors (Lipinski definition) is 2. The molecule has 22 heavy (non-hydrogen) atoms. The second kappa shape index (κ2) is 6.85. The van der Waals surface area contributed by atoms with Gasteiger partial charge in [-0.15, -0.1) is 0 Å². The minimum Gasteiger partial charge on any atom is -0.326 e. The number of rotatable bonds is 4. The molecule has 4 nitrogen and oxygen atoms in total. The van der Waals surface area contributed by atoms with Crippen LogP contribution in [-0.2, 0) is 16.0 Å². The average molecular weight is 300 g/mol. The van der Waals surface area contributed by atoms with E-state index in [1.165, 1.54) is 19.1 Å². The summed E-state index contributed by atoms with van der Waals surface area (Å²) in [5, 5.41) is 5.51. The first kappa shape index (κ1) is 15.7. The Labute approximate surface area is 128 Å². The van der Waals surface area contributed by atoms with Crippen molar-refractivity contribution in [2.45, 2.75) is 20.3 Å². The van der Waals surface area contributed by atoms with Gasteiger partial charge in [-0.05, 0) is 42.3 Å². The number of halogens is 1. The van der Waals surface area contributed by atoms with Crippen LogP contribution in [0.2, 0.25) is 0 Å². The molecule has 5 heteroatoms. The second-order valence-corrected chi connectivity index (χ2v) is 5.01. The van der Waals surface area contributed by atoms with Crippen LogP contribution in [-0.4, -0.2) is 11.8 Å². The molecule has 0 aliphatic carbocycles. The lowest BCUT2D eigenvalue weighted by molar-refractivity contribution is -0.115. The molecule has 0 aliphatic rings. The van der Waals surface area contributed by atoms with Gasteiger partial charge in [0.2, 0.25) is 11.8 Å². The minimum absolute atomic E-state index is 0.157. The molecule has 114 valence electrons. The Balaban J connectivity index is 2.08. The van der Waals surface area contributed by atoms with Gasteiger partial charge in [0, 0.05) is 18.3 Å². The molecule has 0 atom stereocenters. The smallest absolute Gasteiger partial charge is 0.228 e. The van der Waals surface area contributed by atoms with E-state index in [0.29, 0.717) is 11.4 Å². The van der Waals surface area contributed by atoms with Crippen molar-refractivity contribution in [2.24, 2.45) is 0 Å². The van der Waals surface area contributed by atoms with Gasteiger partial charge in [-0.2, -0.15) is 0 Å². The number of amides is 2. The summed E-state index contributed by atoms with van der Waals surface area (Å²) in [6.45, 7) is 3.25. The summed E-state index contributed by atoms with van der Waals surface area (Å²) in [5.41, 5.74) is 2.81. The number of hydrogen-bond donors (Lipinski definition) is 2. The Bertz CT molecular complexity index is 696. The first-order valence-electron chi connectivity index (χ1n) is 6.87.